The molecule has 2 rings (SSSR count). The second-order valence-electron chi connectivity index (χ2n) is 6.26. The third-order valence-corrected chi connectivity index (χ3v) is 4.40. The van der Waals surface area contributed by atoms with Crippen LogP contribution in [0, 0.1) is 13.8 Å². The SMILES string of the molecule is COC(=O)c1cccc(N(CCC(=O)Nc2cccc(C)c2C)C(C)=O)c1. The van der Waals surface area contributed by atoms with Crippen molar-refractivity contribution in [1.29, 1.82) is 0 Å². The third kappa shape index (κ3) is 5.17. The van der Waals surface area contributed by atoms with Crippen LogP contribution in [0.25, 0.3) is 0 Å². The van der Waals surface area contributed by atoms with Gasteiger partial charge in [0.05, 0.1) is 12.7 Å². The maximum atomic E-state index is 12.3. The highest BCUT2D eigenvalue weighted by molar-refractivity contribution is 5.97. The van der Waals surface area contributed by atoms with E-state index in [1.54, 1.807) is 24.3 Å². The van der Waals surface area contributed by atoms with Crippen molar-refractivity contribution in [2.45, 2.75) is 27.2 Å². The van der Waals surface area contributed by atoms with Gasteiger partial charge in [0.15, 0.2) is 0 Å². The number of hydrogen-bond donors (Lipinski definition) is 1. The average molecular weight is 368 g/mol. The van der Waals surface area contributed by atoms with Gasteiger partial charge in [-0.1, -0.05) is 18.2 Å². The summed E-state index contributed by atoms with van der Waals surface area (Å²) < 4.78 is 4.71. The molecule has 0 fully saturated rings. The predicted molar refractivity (Wildman–Crippen MR) is 105 cm³/mol. The van der Waals surface area contributed by atoms with E-state index in [4.69, 9.17) is 4.74 Å². The van der Waals surface area contributed by atoms with Gasteiger partial charge in [-0.25, -0.2) is 4.79 Å². The van der Waals surface area contributed by atoms with Crippen LogP contribution in [0.2, 0.25) is 0 Å². The average Bonchev–Trinajstić information content (AvgIpc) is 2.65. The summed E-state index contributed by atoms with van der Waals surface area (Å²) >= 11 is 0. The molecule has 0 atom stereocenters. The van der Waals surface area contributed by atoms with Gasteiger partial charge in [-0.15, -0.1) is 0 Å². The lowest BCUT2D eigenvalue weighted by molar-refractivity contribution is -0.117. The Morgan fingerprint density at radius 1 is 1.07 bits per heavy atom. The van der Waals surface area contributed by atoms with Gasteiger partial charge in [0.25, 0.3) is 0 Å². The molecule has 0 aliphatic rings. The van der Waals surface area contributed by atoms with E-state index in [0.29, 0.717) is 11.3 Å². The number of nitrogens with zero attached hydrogens (tertiary/aromatic N) is 1. The number of amides is 2. The van der Waals surface area contributed by atoms with Gasteiger partial charge in [0, 0.05) is 31.3 Å². The maximum Gasteiger partial charge on any atom is 0.337 e. The maximum absolute atomic E-state index is 12.3. The highest BCUT2D eigenvalue weighted by atomic mass is 16.5. The second-order valence-corrected chi connectivity index (χ2v) is 6.26. The van der Waals surface area contributed by atoms with Crippen molar-refractivity contribution in [2.75, 3.05) is 23.9 Å². The summed E-state index contributed by atoms with van der Waals surface area (Å²) in [6, 6.07) is 12.3. The summed E-state index contributed by atoms with van der Waals surface area (Å²) in [6.45, 7) is 5.56. The zero-order valence-corrected chi connectivity index (χ0v) is 16.0. The summed E-state index contributed by atoms with van der Waals surface area (Å²) in [4.78, 5) is 37.5. The molecule has 2 amide bonds. The molecular weight excluding hydrogens is 344 g/mol. The Hall–Kier alpha value is -3.15. The smallest absolute Gasteiger partial charge is 0.337 e. The standard InChI is InChI=1S/C21H24N2O4/c1-14-7-5-10-19(15(14)2)22-20(25)11-12-23(16(3)24)18-9-6-8-17(13-18)21(26)27-4/h5-10,13H,11-12H2,1-4H3,(H,22,25). The fourth-order valence-electron chi connectivity index (χ4n) is 2.70. The number of benzene rings is 2. The van der Waals surface area contributed by atoms with Gasteiger partial charge in [0.2, 0.25) is 11.8 Å². The summed E-state index contributed by atoms with van der Waals surface area (Å²) in [7, 11) is 1.30. The number of carbonyl (C=O) groups excluding carboxylic acids is 3. The minimum Gasteiger partial charge on any atom is -0.465 e. The lowest BCUT2D eigenvalue weighted by Gasteiger charge is -2.21. The molecule has 6 heteroatoms. The van der Waals surface area contributed by atoms with E-state index in [0.717, 1.165) is 16.8 Å². The Morgan fingerprint density at radius 3 is 2.44 bits per heavy atom. The van der Waals surface area contributed by atoms with E-state index in [-0.39, 0.29) is 24.8 Å². The number of anilines is 2. The lowest BCUT2D eigenvalue weighted by atomic mass is 10.1. The van der Waals surface area contributed by atoms with Crippen LogP contribution >= 0.6 is 0 Å². The molecule has 0 saturated carbocycles. The number of ether oxygens (including phenoxy) is 1. The lowest BCUT2D eigenvalue weighted by Crippen LogP contribution is -2.32. The minimum atomic E-state index is -0.479. The van der Waals surface area contributed by atoms with Gasteiger partial charge in [0.1, 0.15) is 0 Å². The predicted octanol–water partition coefficient (Wildman–Crippen LogP) is 3.47. The molecule has 142 valence electrons. The van der Waals surface area contributed by atoms with Crippen LogP contribution in [0.15, 0.2) is 42.5 Å². The molecule has 0 saturated heterocycles. The molecule has 0 radical (unpaired) electrons. The van der Waals surface area contributed by atoms with Crippen LogP contribution in [-0.4, -0.2) is 31.4 Å². The highest BCUT2D eigenvalue weighted by Crippen LogP contribution is 2.20. The Bertz CT molecular complexity index is 861. The normalized spacial score (nSPS) is 10.2. The molecule has 2 aromatic carbocycles. The molecule has 0 unspecified atom stereocenters. The van der Waals surface area contributed by atoms with Crippen molar-refractivity contribution in [3.63, 3.8) is 0 Å². The largest absolute Gasteiger partial charge is 0.465 e. The topological polar surface area (TPSA) is 75.7 Å². The van der Waals surface area contributed by atoms with Gasteiger partial charge >= 0.3 is 5.97 Å². The molecule has 0 aliphatic heterocycles. The molecule has 6 nitrogen and oxygen atoms in total. The Labute approximate surface area is 159 Å². The van der Waals surface area contributed by atoms with Crippen molar-refractivity contribution in [2.24, 2.45) is 0 Å². The Balaban J connectivity index is 2.08. The molecule has 0 aliphatic carbocycles. The third-order valence-electron chi connectivity index (χ3n) is 4.40. The quantitative estimate of drug-likeness (QED) is 0.792. The molecule has 0 spiro atoms. The van der Waals surface area contributed by atoms with Gasteiger partial charge < -0.3 is 15.0 Å². The number of carbonyl (C=O) groups is 3. The number of methoxy groups -OCH3 is 1. The van der Waals surface area contributed by atoms with Gasteiger partial charge in [-0.3, -0.25) is 9.59 Å². The van der Waals surface area contributed by atoms with Crippen molar-refractivity contribution in [3.05, 3.63) is 59.2 Å². The van der Waals surface area contributed by atoms with Crippen molar-refractivity contribution in [3.8, 4) is 0 Å². The first-order valence-corrected chi connectivity index (χ1v) is 8.66. The molecule has 0 aromatic heterocycles. The first kappa shape index (κ1) is 20.2. The fourth-order valence-corrected chi connectivity index (χ4v) is 2.70. The molecule has 2 aromatic rings. The van der Waals surface area contributed by atoms with Crippen LogP contribution in [0.4, 0.5) is 11.4 Å². The van der Waals surface area contributed by atoms with Crippen LogP contribution in [0.3, 0.4) is 0 Å². The summed E-state index contributed by atoms with van der Waals surface area (Å²) in [5.41, 5.74) is 3.77. The summed E-state index contributed by atoms with van der Waals surface area (Å²) in [5.74, 6) is -0.872. The number of rotatable bonds is 6. The first-order valence-electron chi connectivity index (χ1n) is 8.66. The number of hydrogen-bond acceptors (Lipinski definition) is 4. The fraction of sp³-hybridized carbons (Fsp3) is 0.286. The van der Waals surface area contributed by atoms with E-state index in [1.807, 2.05) is 32.0 Å². The zero-order chi connectivity index (χ0) is 20.0. The van der Waals surface area contributed by atoms with E-state index < -0.39 is 5.97 Å². The van der Waals surface area contributed by atoms with E-state index in [1.165, 1.54) is 18.9 Å². The Kier molecular flexibility index (Phi) is 6.71. The molecule has 1 N–H and O–H groups in total. The number of aryl methyl sites for hydroxylation is 1. The van der Waals surface area contributed by atoms with Crippen molar-refractivity contribution >= 4 is 29.2 Å². The van der Waals surface area contributed by atoms with Crippen LogP contribution < -0.4 is 10.2 Å². The molecule has 27 heavy (non-hydrogen) atoms. The van der Waals surface area contributed by atoms with Crippen LogP contribution in [0.1, 0.15) is 34.8 Å². The number of esters is 1. The monoisotopic (exact) mass is 368 g/mol. The van der Waals surface area contributed by atoms with Crippen LogP contribution in [-0.2, 0) is 14.3 Å². The van der Waals surface area contributed by atoms with Crippen molar-refractivity contribution in [1.82, 2.24) is 0 Å². The van der Waals surface area contributed by atoms with E-state index in [2.05, 4.69) is 5.32 Å². The molecule has 0 bridgehead atoms. The highest BCUT2D eigenvalue weighted by Gasteiger charge is 2.16. The molecule has 0 heterocycles. The van der Waals surface area contributed by atoms with E-state index in [9.17, 15) is 14.4 Å². The Morgan fingerprint density at radius 2 is 1.78 bits per heavy atom. The second kappa shape index (κ2) is 8.98. The van der Waals surface area contributed by atoms with Crippen LogP contribution in [0.5, 0.6) is 0 Å². The minimum absolute atomic E-state index is 0.134. The first-order chi connectivity index (χ1) is 12.8. The zero-order valence-electron chi connectivity index (χ0n) is 16.0. The summed E-state index contributed by atoms with van der Waals surface area (Å²) in [5, 5.41) is 2.88. The van der Waals surface area contributed by atoms with Gasteiger partial charge in [-0.05, 0) is 49.2 Å². The van der Waals surface area contributed by atoms with Gasteiger partial charge in [-0.2, -0.15) is 0 Å². The molecular formula is C21H24N2O4. The summed E-state index contributed by atoms with van der Waals surface area (Å²) in [6.07, 6.45) is 0.134. The van der Waals surface area contributed by atoms with Crippen molar-refractivity contribution < 1.29 is 19.1 Å². The van der Waals surface area contributed by atoms with E-state index >= 15 is 0 Å². The number of nitrogens with one attached hydrogen (secondary N) is 1.